The molecule has 6 heteroatoms. The van der Waals surface area contributed by atoms with E-state index < -0.39 is 5.82 Å². The van der Waals surface area contributed by atoms with E-state index in [1.165, 1.54) is 18.2 Å². The number of nitrogens with one attached hydrogen (secondary N) is 2. The van der Waals surface area contributed by atoms with E-state index in [0.717, 1.165) is 25.7 Å². The normalized spacial score (nSPS) is 21.1. The van der Waals surface area contributed by atoms with E-state index >= 15 is 0 Å². The Morgan fingerprint density at radius 2 is 2.04 bits per heavy atom. The molecule has 1 fully saturated rings. The standard InChI is InChI=1S/C17H25FN2O3/c1-11(2)23-16-8-5-13(18)9-15(16)20-17(22)19-14-6-3-12(10-21)4-7-14/h5,8-9,11-12,14,21H,3-4,6-7,10H2,1-2H3,(H2,19,20,22). The molecule has 0 bridgehead atoms. The molecule has 0 aromatic heterocycles. The van der Waals surface area contributed by atoms with Crippen molar-refractivity contribution in [3.05, 3.63) is 24.0 Å². The van der Waals surface area contributed by atoms with Crippen molar-refractivity contribution in [2.75, 3.05) is 11.9 Å². The van der Waals surface area contributed by atoms with Gasteiger partial charge in [-0.05, 0) is 57.6 Å². The lowest BCUT2D eigenvalue weighted by atomic mass is 9.87. The fraction of sp³-hybridized carbons (Fsp3) is 0.588. The lowest BCUT2D eigenvalue weighted by Crippen LogP contribution is -2.40. The molecule has 3 N–H and O–H groups in total. The zero-order chi connectivity index (χ0) is 16.8. The minimum absolute atomic E-state index is 0.0715. The predicted octanol–water partition coefficient (Wildman–Crippen LogP) is 3.29. The third-order valence-corrected chi connectivity index (χ3v) is 3.99. The Bertz CT molecular complexity index is 529. The van der Waals surface area contributed by atoms with Crippen LogP contribution in [0.25, 0.3) is 0 Å². The number of hydrogen-bond donors (Lipinski definition) is 3. The van der Waals surface area contributed by atoms with Gasteiger partial charge in [0.2, 0.25) is 0 Å². The van der Waals surface area contributed by atoms with Crippen LogP contribution in [-0.2, 0) is 0 Å². The smallest absolute Gasteiger partial charge is 0.319 e. The van der Waals surface area contributed by atoms with Crippen LogP contribution >= 0.6 is 0 Å². The van der Waals surface area contributed by atoms with E-state index in [2.05, 4.69) is 10.6 Å². The number of halogens is 1. The number of carbonyl (C=O) groups is 1. The van der Waals surface area contributed by atoms with Gasteiger partial charge in [0, 0.05) is 18.7 Å². The number of anilines is 1. The number of benzene rings is 1. The van der Waals surface area contributed by atoms with Crippen LogP contribution in [-0.4, -0.2) is 29.9 Å². The van der Waals surface area contributed by atoms with E-state index in [1.807, 2.05) is 13.8 Å². The fourth-order valence-corrected chi connectivity index (χ4v) is 2.79. The van der Waals surface area contributed by atoms with Crippen LogP contribution in [0.5, 0.6) is 5.75 Å². The summed E-state index contributed by atoms with van der Waals surface area (Å²) in [6.45, 7) is 3.94. The summed E-state index contributed by atoms with van der Waals surface area (Å²) >= 11 is 0. The van der Waals surface area contributed by atoms with Crippen LogP contribution in [0, 0.1) is 11.7 Å². The largest absolute Gasteiger partial charge is 0.489 e. The molecule has 2 amide bonds. The highest BCUT2D eigenvalue weighted by Gasteiger charge is 2.22. The summed E-state index contributed by atoms with van der Waals surface area (Å²) in [5, 5.41) is 14.7. The first-order valence-corrected chi connectivity index (χ1v) is 8.12. The summed E-state index contributed by atoms with van der Waals surface area (Å²) in [5.74, 6) is 0.353. The van der Waals surface area contributed by atoms with E-state index in [4.69, 9.17) is 9.84 Å². The molecular weight excluding hydrogens is 299 g/mol. The summed E-state index contributed by atoms with van der Waals surface area (Å²) in [4.78, 5) is 12.1. The Morgan fingerprint density at radius 1 is 1.35 bits per heavy atom. The molecule has 0 unspecified atom stereocenters. The van der Waals surface area contributed by atoms with Gasteiger partial charge in [-0.1, -0.05) is 0 Å². The van der Waals surface area contributed by atoms with Gasteiger partial charge in [0.1, 0.15) is 11.6 Å². The molecule has 0 radical (unpaired) electrons. The van der Waals surface area contributed by atoms with Crippen LogP contribution in [0.4, 0.5) is 14.9 Å². The molecule has 1 aliphatic carbocycles. The molecule has 0 atom stereocenters. The average molecular weight is 324 g/mol. The summed E-state index contributed by atoms with van der Waals surface area (Å²) in [7, 11) is 0. The average Bonchev–Trinajstić information content (AvgIpc) is 2.50. The molecule has 1 saturated carbocycles. The van der Waals surface area contributed by atoms with Crippen molar-refractivity contribution in [1.29, 1.82) is 0 Å². The van der Waals surface area contributed by atoms with Gasteiger partial charge in [-0.15, -0.1) is 0 Å². The highest BCUT2D eigenvalue weighted by molar-refractivity contribution is 5.91. The third kappa shape index (κ3) is 5.39. The minimum atomic E-state index is -0.431. The molecule has 128 valence electrons. The van der Waals surface area contributed by atoms with Gasteiger partial charge < -0.3 is 20.5 Å². The number of amides is 2. The topological polar surface area (TPSA) is 70.6 Å². The second-order valence-corrected chi connectivity index (χ2v) is 6.31. The molecule has 0 spiro atoms. The number of hydrogen-bond acceptors (Lipinski definition) is 3. The molecule has 1 aromatic carbocycles. The summed E-state index contributed by atoms with van der Waals surface area (Å²) in [5.41, 5.74) is 0.320. The van der Waals surface area contributed by atoms with Crippen LogP contribution in [0.1, 0.15) is 39.5 Å². The molecule has 2 rings (SSSR count). The van der Waals surface area contributed by atoms with Gasteiger partial charge in [-0.25, -0.2) is 9.18 Å². The monoisotopic (exact) mass is 324 g/mol. The molecular formula is C17H25FN2O3. The highest BCUT2D eigenvalue weighted by Crippen LogP contribution is 2.27. The maximum Gasteiger partial charge on any atom is 0.319 e. The second-order valence-electron chi connectivity index (χ2n) is 6.31. The van der Waals surface area contributed by atoms with Crippen molar-refractivity contribution < 1.29 is 19.0 Å². The van der Waals surface area contributed by atoms with E-state index in [-0.39, 0.29) is 24.8 Å². The first kappa shape index (κ1) is 17.5. The van der Waals surface area contributed by atoms with Crippen molar-refractivity contribution in [2.24, 2.45) is 5.92 Å². The third-order valence-electron chi connectivity index (χ3n) is 3.99. The first-order chi connectivity index (χ1) is 11.0. The maximum atomic E-state index is 13.4. The lowest BCUT2D eigenvalue weighted by molar-refractivity contribution is 0.176. The second kappa shape index (κ2) is 8.15. The van der Waals surface area contributed by atoms with Crippen LogP contribution in [0.15, 0.2) is 18.2 Å². The Morgan fingerprint density at radius 3 is 2.65 bits per heavy atom. The summed E-state index contributed by atoms with van der Waals surface area (Å²) in [6, 6.07) is 3.78. The highest BCUT2D eigenvalue weighted by atomic mass is 19.1. The number of urea groups is 1. The van der Waals surface area contributed by atoms with Crippen molar-refractivity contribution in [3.8, 4) is 5.75 Å². The van der Waals surface area contributed by atoms with E-state index in [9.17, 15) is 9.18 Å². The van der Waals surface area contributed by atoms with Gasteiger partial charge in [0.15, 0.2) is 0 Å². The molecule has 5 nitrogen and oxygen atoms in total. The molecule has 1 aromatic rings. The Hall–Kier alpha value is -1.82. The van der Waals surface area contributed by atoms with E-state index in [0.29, 0.717) is 17.4 Å². The van der Waals surface area contributed by atoms with Crippen LogP contribution < -0.4 is 15.4 Å². The SMILES string of the molecule is CC(C)Oc1ccc(F)cc1NC(=O)NC1CCC(CO)CC1. The minimum Gasteiger partial charge on any atom is -0.489 e. The van der Waals surface area contributed by atoms with E-state index in [1.54, 1.807) is 0 Å². The van der Waals surface area contributed by atoms with Crippen molar-refractivity contribution >= 4 is 11.7 Å². The zero-order valence-corrected chi connectivity index (χ0v) is 13.6. The Balaban J connectivity index is 1.93. The van der Waals surface area contributed by atoms with Crippen molar-refractivity contribution in [1.82, 2.24) is 5.32 Å². The predicted molar refractivity (Wildman–Crippen MR) is 87.2 cm³/mol. The number of ether oxygens (including phenoxy) is 1. The first-order valence-electron chi connectivity index (χ1n) is 8.12. The Labute approximate surface area is 136 Å². The van der Waals surface area contributed by atoms with Gasteiger partial charge in [0.05, 0.1) is 11.8 Å². The lowest BCUT2D eigenvalue weighted by Gasteiger charge is -2.28. The van der Waals surface area contributed by atoms with Crippen molar-refractivity contribution in [2.45, 2.75) is 51.7 Å². The quantitative estimate of drug-likeness (QED) is 0.778. The van der Waals surface area contributed by atoms with Crippen molar-refractivity contribution in [3.63, 3.8) is 0 Å². The number of aliphatic hydroxyl groups excluding tert-OH is 1. The zero-order valence-electron chi connectivity index (χ0n) is 13.6. The molecule has 0 heterocycles. The molecule has 0 saturated heterocycles. The van der Waals surface area contributed by atoms with Gasteiger partial charge >= 0.3 is 6.03 Å². The molecule has 23 heavy (non-hydrogen) atoms. The number of aliphatic hydroxyl groups is 1. The van der Waals surface area contributed by atoms with Crippen LogP contribution in [0.2, 0.25) is 0 Å². The summed E-state index contributed by atoms with van der Waals surface area (Å²) in [6.07, 6.45) is 3.43. The van der Waals surface area contributed by atoms with Gasteiger partial charge in [0.25, 0.3) is 0 Å². The number of rotatable bonds is 5. The van der Waals surface area contributed by atoms with Gasteiger partial charge in [-0.2, -0.15) is 0 Å². The van der Waals surface area contributed by atoms with Crippen LogP contribution in [0.3, 0.4) is 0 Å². The molecule has 1 aliphatic rings. The fourth-order valence-electron chi connectivity index (χ4n) is 2.79. The molecule has 0 aliphatic heterocycles. The maximum absolute atomic E-state index is 13.4. The number of carbonyl (C=O) groups excluding carboxylic acids is 1. The summed E-state index contributed by atoms with van der Waals surface area (Å²) < 4.78 is 19.0. The van der Waals surface area contributed by atoms with Gasteiger partial charge in [-0.3, -0.25) is 0 Å². The Kier molecular flexibility index (Phi) is 6.21.